The van der Waals surface area contributed by atoms with Gasteiger partial charge in [0.15, 0.2) is 0 Å². The first kappa shape index (κ1) is 12.2. The van der Waals surface area contributed by atoms with E-state index in [9.17, 15) is 0 Å². The molecule has 0 aliphatic carbocycles. The summed E-state index contributed by atoms with van der Waals surface area (Å²) in [7, 11) is 0. The Morgan fingerprint density at radius 3 is 2.94 bits per heavy atom. The van der Waals surface area contributed by atoms with Crippen LogP contribution >= 0.6 is 0 Å². The molecule has 0 fully saturated rings. The molecule has 0 saturated carbocycles. The van der Waals surface area contributed by atoms with E-state index in [0.29, 0.717) is 18.3 Å². The van der Waals surface area contributed by atoms with Gasteiger partial charge in [0.25, 0.3) is 5.95 Å². The van der Waals surface area contributed by atoms with Crippen molar-refractivity contribution in [2.24, 2.45) is 0 Å². The molecular formula is C9H14N8O. The fourth-order valence-corrected chi connectivity index (χ4v) is 1.35. The van der Waals surface area contributed by atoms with Gasteiger partial charge in [0.05, 0.1) is 0 Å². The van der Waals surface area contributed by atoms with Crippen LogP contribution in [0, 0.1) is 0 Å². The molecule has 96 valence electrons. The third-order valence-electron chi connectivity index (χ3n) is 2.20. The van der Waals surface area contributed by atoms with Gasteiger partial charge in [0, 0.05) is 12.6 Å². The predicted molar refractivity (Wildman–Crippen MR) is 63.9 cm³/mol. The van der Waals surface area contributed by atoms with E-state index < -0.39 is 0 Å². The number of aromatic nitrogens is 6. The summed E-state index contributed by atoms with van der Waals surface area (Å²) >= 11 is 0. The number of aliphatic hydroxyl groups is 1. The van der Waals surface area contributed by atoms with E-state index in [4.69, 9.17) is 10.8 Å². The molecule has 2 aromatic rings. The lowest BCUT2D eigenvalue weighted by Gasteiger charge is -2.12. The largest absolute Gasteiger partial charge is 0.396 e. The summed E-state index contributed by atoms with van der Waals surface area (Å²) in [6.07, 6.45) is 3.43. The van der Waals surface area contributed by atoms with Crippen LogP contribution in [-0.4, -0.2) is 47.5 Å². The molecule has 0 bridgehead atoms. The second-order valence-electron chi connectivity index (χ2n) is 3.71. The van der Waals surface area contributed by atoms with E-state index in [2.05, 4.69) is 30.4 Å². The van der Waals surface area contributed by atoms with Crippen molar-refractivity contribution in [3.05, 3.63) is 12.7 Å². The maximum absolute atomic E-state index is 8.83. The van der Waals surface area contributed by atoms with Crippen LogP contribution in [0.3, 0.4) is 0 Å². The Bertz CT molecular complexity index is 499. The molecule has 0 amide bonds. The number of anilines is 2. The molecule has 9 heteroatoms. The van der Waals surface area contributed by atoms with E-state index in [1.54, 1.807) is 0 Å². The summed E-state index contributed by atoms with van der Waals surface area (Å²) in [4.78, 5) is 15.9. The van der Waals surface area contributed by atoms with Crippen LogP contribution < -0.4 is 11.1 Å². The number of hydrogen-bond acceptors (Lipinski definition) is 8. The van der Waals surface area contributed by atoms with Gasteiger partial charge in [-0.2, -0.15) is 24.7 Å². The Hall–Kier alpha value is -2.29. The van der Waals surface area contributed by atoms with Crippen molar-refractivity contribution >= 4 is 11.9 Å². The highest BCUT2D eigenvalue weighted by Gasteiger charge is 2.09. The zero-order valence-corrected chi connectivity index (χ0v) is 9.85. The Kier molecular flexibility index (Phi) is 3.63. The Balaban J connectivity index is 2.22. The highest BCUT2D eigenvalue weighted by molar-refractivity contribution is 5.35. The number of nitrogens with two attached hydrogens (primary N) is 1. The molecular weight excluding hydrogens is 236 g/mol. The summed E-state index contributed by atoms with van der Waals surface area (Å²) in [6, 6.07) is 0.0281. The minimum Gasteiger partial charge on any atom is -0.396 e. The fourth-order valence-electron chi connectivity index (χ4n) is 1.35. The Morgan fingerprint density at radius 2 is 2.28 bits per heavy atom. The van der Waals surface area contributed by atoms with Crippen molar-refractivity contribution in [1.29, 1.82) is 0 Å². The van der Waals surface area contributed by atoms with Gasteiger partial charge in [0.1, 0.15) is 12.7 Å². The minimum atomic E-state index is 0.0281. The molecule has 2 heterocycles. The summed E-state index contributed by atoms with van der Waals surface area (Å²) in [5.41, 5.74) is 5.60. The van der Waals surface area contributed by atoms with Crippen LogP contribution in [-0.2, 0) is 0 Å². The van der Waals surface area contributed by atoms with Crippen molar-refractivity contribution in [3.8, 4) is 5.95 Å². The van der Waals surface area contributed by atoms with Gasteiger partial charge >= 0.3 is 0 Å². The maximum Gasteiger partial charge on any atom is 0.258 e. The Labute approximate surface area is 103 Å². The highest BCUT2D eigenvalue weighted by Crippen LogP contribution is 2.07. The summed E-state index contributed by atoms with van der Waals surface area (Å²) in [6.45, 7) is 2.00. The molecule has 0 aromatic carbocycles. The first-order chi connectivity index (χ1) is 8.69. The number of aliphatic hydroxyl groups excluding tert-OH is 1. The number of nitrogen functional groups attached to an aromatic ring is 1. The second-order valence-corrected chi connectivity index (χ2v) is 3.71. The number of rotatable bonds is 5. The summed E-state index contributed by atoms with van der Waals surface area (Å²) < 4.78 is 1.39. The first-order valence-electron chi connectivity index (χ1n) is 5.43. The number of nitrogens with zero attached hydrogens (tertiary/aromatic N) is 6. The second kappa shape index (κ2) is 5.36. The van der Waals surface area contributed by atoms with Crippen LogP contribution in [0.2, 0.25) is 0 Å². The van der Waals surface area contributed by atoms with E-state index in [-0.39, 0.29) is 18.6 Å². The van der Waals surface area contributed by atoms with Crippen LogP contribution in [0.1, 0.15) is 13.3 Å². The van der Waals surface area contributed by atoms with Gasteiger partial charge < -0.3 is 16.2 Å². The SMILES string of the molecule is CC(CCO)Nc1nc(N)nc(-n2cncn2)n1. The average Bonchev–Trinajstić information content (AvgIpc) is 2.81. The number of nitrogens with one attached hydrogen (secondary N) is 1. The molecule has 1 unspecified atom stereocenters. The zero-order chi connectivity index (χ0) is 13.0. The normalized spacial score (nSPS) is 12.3. The van der Waals surface area contributed by atoms with Crippen LogP contribution in [0.5, 0.6) is 0 Å². The fraction of sp³-hybridized carbons (Fsp3) is 0.444. The molecule has 9 nitrogen and oxygen atoms in total. The maximum atomic E-state index is 8.83. The molecule has 2 aromatic heterocycles. The lowest BCUT2D eigenvalue weighted by molar-refractivity contribution is 0.282. The van der Waals surface area contributed by atoms with Crippen molar-refractivity contribution in [3.63, 3.8) is 0 Å². The van der Waals surface area contributed by atoms with Crippen molar-refractivity contribution in [2.75, 3.05) is 17.7 Å². The van der Waals surface area contributed by atoms with E-state index >= 15 is 0 Å². The monoisotopic (exact) mass is 250 g/mol. The summed E-state index contributed by atoms with van der Waals surface area (Å²) in [5, 5.41) is 15.8. The third kappa shape index (κ3) is 2.88. The van der Waals surface area contributed by atoms with Gasteiger partial charge in [-0.3, -0.25) is 0 Å². The van der Waals surface area contributed by atoms with Crippen LogP contribution in [0.25, 0.3) is 5.95 Å². The van der Waals surface area contributed by atoms with E-state index in [1.807, 2.05) is 6.92 Å². The summed E-state index contributed by atoms with van der Waals surface area (Å²) in [5.74, 6) is 0.724. The number of hydrogen-bond donors (Lipinski definition) is 3. The predicted octanol–water partition coefficient (Wildman–Crippen LogP) is -0.783. The molecule has 0 aliphatic heterocycles. The lowest BCUT2D eigenvalue weighted by Crippen LogP contribution is -2.20. The average molecular weight is 250 g/mol. The van der Waals surface area contributed by atoms with Gasteiger partial charge in [-0.25, -0.2) is 4.98 Å². The topological polar surface area (TPSA) is 128 Å². The van der Waals surface area contributed by atoms with Crippen molar-refractivity contribution in [1.82, 2.24) is 29.7 Å². The molecule has 0 radical (unpaired) electrons. The molecule has 1 atom stereocenters. The first-order valence-corrected chi connectivity index (χ1v) is 5.43. The molecule has 0 aliphatic rings. The molecule has 18 heavy (non-hydrogen) atoms. The Morgan fingerprint density at radius 1 is 1.44 bits per heavy atom. The van der Waals surface area contributed by atoms with Gasteiger partial charge in [-0.1, -0.05) is 0 Å². The minimum absolute atomic E-state index is 0.0281. The van der Waals surface area contributed by atoms with Crippen LogP contribution in [0.15, 0.2) is 12.7 Å². The van der Waals surface area contributed by atoms with Crippen molar-refractivity contribution < 1.29 is 5.11 Å². The van der Waals surface area contributed by atoms with Gasteiger partial charge in [-0.15, -0.1) is 0 Å². The molecule has 0 spiro atoms. The van der Waals surface area contributed by atoms with E-state index in [0.717, 1.165) is 0 Å². The standard InChI is InChI=1S/C9H14N8O/c1-6(2-3-18)13-8-14-7(10)15-9(16-8)17-5-11-4-12-17/h4-6,18H,2-3H2,1H3,(H3,10,13,14,15,16). The third-order valence-corrected chi connectivity index (χ3v) is 2.20. The molecule has 2 rings (SSSR count). The quantitative estimate of drug-likeness (QED) is 0.630. The van der Waals surface area contributed by atoms with Crippen LogP contribution in [0.4, 0.5) is 11.9 Å². The lowest BCUT2D eigenvalue weighted by atomic mass is 10.2. The molecule has 4 N–H and O–H groups in total. The molecule has 0 saturated heterocycles. The smallest absolute Gasteiger partial charge is 0.258 e. The zero-order valence-electron chi connectivity index (χ0n) is 9.85. The highest BCUT2D eigenvalue weighted by atomic mass is 16.3. The van der Waals surface area contributed by atoms with Crippen molar-refractivity contribution in [2.45, 2.75) is 19.4 Å². The van der Waals surface area contributed by atoms with E-state index in [1.165, 1.54) is 17.3 Å². The van der Waals surface area contributed by atoms with Gasteiger partial charge in [-0.05, 0) is 13.3 Å². The van der Waals surface area contributed by atoms with Gasteiger partial charge in [0.2, 0.25) is 11.9 Å².